The molecule has 2 N–H and O–H groups in total. The lowest BCUT2D eigenvalue weighted by Gasteiger charge is -2.36. The highest BCUT2D eigenvalue weighted by Crippen LogP contribution is 2.24. The molecule has 3 amide bonds. The average Bonchev–Trinajstić information content (AvgIpc) is 2.85. The van der Waals surface area contributed by atoms with E-state index in [0.29, 0.717) is 55.3 Å². The van der Waals surface area contributed by atoms with Gasteiger partial charge in [-0.2, -0.15) is 0 Å². The smallest absolute Gasteiger partial charge is 0.253 e. The number of carbonyl (C=O) groups is 3. The number of methoxy groups -OCH3 is 1. The van der Waals surface area contributed by atoms with Crippen LogP contribution in [0.15, 0.2) is 48.5 Å². The maximum absolute atomic E-state index is 13.1. The van der Waals surface area contributed by atoms with E-state index in [9.17, 15) is 14.4 Å². The molecule has 7 nitrogen and oxygen atoms in total. The molecular formula is C27H35N3O4. The SMILES string of the molecule is COc1cccc(C(=O)N2CCC(C(NC(=O)c3ccc(C)cc3)C(=O)NCC(C)C)CC2)c1. The van der Waals surface area contributed by atoms with Crippen LogP contribution in [-0.2, 0) is 4.79 Å². The molecule has 1 atom stereocenters. The quantitative estimate of drug-likeness (QED) is 0.625. The molecule has 1 fully saturated rings. The van der Waals surface area contributed by atoms with Crippen LogP contribution in [0.3, 0.4) is 0 Å². The zero-order valence-electron chi connectivity index (χ0n) is 20.5. The molecule has 0 saturated carbocycles. The van der Waals surface area contributed by atoms with Crippen molar-refractivity contribution < 1.29 is 19.1 Å². The molecule has 34 heavy (non-hydrogen) atoms. The van der Waals surface area contributed by atoms with Crippen molar-refractivity contribution in [3.8, 4) is 5.75 Å². The standard InChI is InChI=1S/C27H35N3O4/c1-18(2)17-28-26(32)24(29-25(31)21-10-8-19(3)9-11-21)20-12-14-30(15-13-20)27(33)22-6-5-7-23(16-22)34-4/h5-11,16,18,20,24H,12-15,17H2,1-4H3,(H,28,32)(H,29,31). The molecular weight excluding hydrogens is 430 g/mol. The summed E-state index contributed by atoms with van der Waals surface area (Å²) < 4.78 is 5.23. The Balaban J connectivity index is 1.68. The van der Waals surface area contributed by atoms with Crippen LogP contribution in [0.25, 0.3) is 0 Å². The van der Waals surface area contributed by atoms with Gasteiger partial charge in [-0.15, -0.1) is 0 Å². The molecule has 0 aromatic heterocycles. The lowest BCUT2D eigenvalue weighted by molar-refractivity contribution is -0.124. The Kier molecular flexibility index (Phi) is 8.68. The molecule has 1 aliphatic heterocycles. The first-order chi connectivity index (χ1) is 16.3. The van der Waals surface area contributed by atoms with Crippen molar-refractivity contribution in [2.24, 2.45) is 11.8 Å². The van der Waals surface area contributed by atoms with Crippen LogP contribution in [0.5, 0.6) is 5.75 Å². The molecule has 0 spiro atoms. The number of amides is 3. The molecule has 1 heterocycles. The van der Waals surface area contributed by atoms with Crippen molar-refractivity contribution in [2.75, 3.05) is 26.7 Å². The van der Waals surface area contributed by atoms with Crippen molar-refractivity contribution in [3.63, 3.8) is 0 Å². The highest BCUT2D eigenvalue weighted by molar-refractivity contribution is 5.98. The Morgan fingerprint density at radius 2 is 1.71 bits per heavy atom. The van der Waals surface area contributed by atoms with E-state index in [1.54, 1.807) is 48.4 Å². The summed E-state index contributed by atoms with van der Waals surface area (Å²) in [6.45, 7) is 7.61. The Morgan fingerprint density at radius 1 is 1.03 bits per heavy atom. The molecule has 182 valence electrons. The maximum atomic E-state index is 13.1. The van der Waals surface area contributed by atoms with E-state index in [1.165, 1.54) is 0 Å². The van der Waals surface area contributed by atoms with Crippen LogP contribution in [0.2, 0.25) is 0 Å². The lowest BCUT2D eigenvalue weighted by Crippen LogP contribution is -2.54. The van der Waals surface area contributed by atoms with Crippen molar-refractivity contribution in [1.82, 2.24) is 15.5 Å². The van der Waals surface area contributed by atoms with Gasteiger partial charge in [0, 0.05) is 30.8 Å². The predicted octanol–water partition coefficient (Wildman–Crippen LogP) is 3.43. The summed E-state index contributed by atoms with van der Waals surface area (Å²) in [7, 11) is 1.57. The van der Waals surface area contributed by atoms with Crippen LogP contribution in [-0.4, -0.2) is 55.4 Å². The number of ether oxygens (including phenoxy) is 1. The predicted molar refractivity (Wildman–Crippen MR) is 132 cm³/mol. The summed E-state index contributed by atoms with van der Waals surface area (Å²) in [5.41, 5.74) is 2.17. The van der Waals surface area contributed by atoms with Gasteiger partial charge in [0.25, 0.3) is 11.8 Å². The minimum atomic E-state index is -0.651. The number of aryl methyl sites for hydroxylation is 1. The Hall–Kier alpha value is -3.35. The van der Waals surface area contributed by atoms with Gasteiger partial charge in [0.2, 0.25) is 5.91 Å². The van der Waals surface area contributed by atoms with E-state index in [1.807, 2.05) is 32.9 Å². The second-order valence-electron chi connectivity index (χ2n) is 9.32. The zero-order chi connectivity index (χ0) is 24.7. The van der Waals surface area contributed by atoms with Crippen molar-refractivity contribution in [1.29, 1.82) is 0 Å². The van der Waals surface area contributed by atoms with Gasteiger partial charge in [0.15, 0.2) is 0 Å². The third-order valence-electron chi connectivity index (χ3n) is 6.18. The van der Waals surface area contributed by atoms with Crippen LogP contribution in [0.1, 0.15) is 53.0 Å². The fourth-order valence-electron chi connectivity index (χ4n) is 4.12. The molecule has 1 saturated heterocycles. The Bertz CT molecular complexity index is 995. The molecule has 0 radical (unpaired) electrons. The highest BCUT2D eigenvalue weighted by atomic mass is 16.5. The van der Waals surface area contributed by atoms with Gasteiger partial charge in [-0.1, -0.05) is 37.6 Å². The fraction of sp³-hybridized carbons (Fsp3) is 0.444. The van der Waals surface area contributed by atoms with Crippen molar-refractivity contribution >= 4 is 17.7 Å². The fourth-order valence-corrected chi connectivity index (χ4v) is 4.12. The molecule has 7 heteroatoms. The largest absolute Gasteiger partial charge is 0.497 e. The number of benzene rings is 2. The van der Waals surface area contributed by atoms with Gasteiger partial charge in [-0.25, -0.2) is 0 Å². The molecule has 1 aliphatic rings. The van der Waals surface area contributed by atoms with Gasteiger partial charge in [0.1, 0.15) is 11.8 Å². The second-order valence-corrected chi connectivity index (χ2v) is 9.32. The number of hydrogen-bond acceptors (Lipinski definition) is 4. The van der Waals surface area contributed by atoms with E-state index in [4.69, 9.17) is 4.74 Å². The normalized spacial score (nSPS) is 15.0. The highest BCUT2D eigenvalue weighted by Gasteiger charge is 2.34. The summed E-state index contributed by atoms with van der Waals surface area (Å²) in [5, 5.41) is 5.94. The molecule has 1 unspecified atom stereocenters. The first-order valence-corrected chi connectivity index (χ1v) is 11.9. The molecule has 2 aromatic carbocycles. The number of likely N-dealkylation sites (tertiary alicyclic amines) is 1. The van der Waals surface area contributed by atoms with E-state index < -0.39 is 6.04 Å². The summed E-state index contributed by atoms with van der Waals surface area (Å²) >= 11 is 0. The monoisotopic (exact) mass is 465 g/mol. The van der Waals surface area contributed by atoms with Crippen molar-refractivity contribution in [2.45, 2.75) is 39.7 Å². The van der Waals surface area contributed by atoms with Crippen molar-refractivity contribution in [3.05, 3.63) is 65.2 Å². The van der Waals surface area contributed by atoms with Crippen LogP contribution in [0.4, 0.5) is 0 Å². The number of nitrogens with one attached hydrogen (secondary N) is 2. The topological polar surface area (TPSA) is 87.7 Å². The van der Waals surface area contributed by atoms with E-state index in [0.717, 1.165) is 5.56 Å². The van der Waals surface area contributed by atoms with Gasteiger partial charge < -0.3 is 20.3 Å². The summed E-state index contributed by atoms with van der Waals surface area (Å²) in [4.78, 5) is 40.7. The lowest BCUT2D eigenvalue weighted by atomic mass is 9.88. The van der Waals surface area contributed by atoms with Crippen LogP contribution in [0, 0.1) is 18.8 Å². The third kappa shape index (κ3) is 6.59. The Labute approximate surface area is 201 Å². The molecule has 0 bridgehead atoms. The summed E-state index contributed by atoms with van der Waals surface area (Å²) in [6, 6.07) is 13.8. The van der Waals surface area contributed by atoms with Gasteiger partial charge >= 0.3 is 0 Å². The first-order valence-electron chi connectivity index (χ1n) is 11.9. The third-order valence-corrected chi connectivity index (χ3v) is 6.18. The Morgan fingerprint density at radius 3 is 2.32 bits per heavy atom. The van der Waals surface area contributed by atoms with E-state index in [-0.39, 0.29) is 23.6 Å². The van der Waals surface area contributed by atoms with E-state index >= 15 is 0 Å². The van der Waals surface area contributed by atoms with Crippen LogP contribution >= 0.6 is 0 Å². The minimum absolute atomic E-state index is 0.0538. The number of piperidine rings is 1. The summed E-state index contributed by atoms with van der Waals surface area (Å²) in [6.07, 6.45) is 1.26. The number of rotatable bonds is 8. The number of hydrogen-bond donors (Lipinski definition) is 2. The van der Waals surface area contributed by atoms with Gasteiger partial charge in [-0.05, 0) is 61.9 Å². The molecule has 2 aromatic rings. The molecule has 3 rings (SSSR count). The molecule has 0 aliphatic carbocycles. The first kappa shape index (κ1) is 25.3. The zero-order valence-corrected chi connectivity index (χ0v) is 20.5. The number of nitrogens with zero attached hydrogens (tertiary/aromatic N) is 1. The maximum Gasteiger partial charge on any atom is 0.253 e. The summed E-state index contributed by atoms with van der Waals surface area (Å²) in [5.74, 6) is 0.394. The number of carbonyl (C=O) groups excluding carboxylic acids is 3. The second kappa shape index (κ2) is 11.7. The average molecular weight is 466 g/mol. The van der Waals surface area contributed by atoms with E-state index in [2.05, 4.69) is 10.6 Å². The van der Waals surface area contributed by atoms with Gasteiger partial charge in [0.05, 0.1) is 7.11 Å². The van der Waals surface area contributed by atoms with Gasteiger partial charge in [-0.3, -0.25) is 14.4 Å². The van der Waals surface area contributed by atoms with Crippen LogP contribution < -0.4 is 15.4 Å². The minimum Gasteiger partial charge on any atom is -0.497 e.